The van der Waals surface area contributed by atoms with Gasteiger partial charge in [0.25, 0.3) is 5.91 Å². The standard InChI is InChI=1S/C16H22N2O3/c1-10(2)8-11(3)20-9-14-15(16(19)18-17)12-6-4-5-7-13(12)21-14/h4-7,10-11H,8-9,17H2,1-3H3,(H,18,19). The highest BCUT2D eigenvalue weighted by atomic mass is 16.5. The van der Waals surface area contributed by atoms with Gasteiger partial charge in [0.2, 0.25) is 0 Å². The highest BCUT2D eigenvalue weighted by Crippen LogP contribution is 2.27. The van der Waals surface area contributed by atoms with Crippen LogP contribution in [-0.2, 0) is 11.3 Å². The van der Waals surface area contributed by atoms with Gasteiger partial charge in [-0.15, -0.1) is 0 Å². The average molecular weight is 290 g/mol. The Labute approximate surface area is 124 Å². The summed E-state index contributed by atoms with van der Waals surface area (Å²) < 4.78 is 11.5. The highest BCUT2D eigenvalue weighted by Gasteiger charge is 2.20. The van der Waals surface area contributed by atoms with E-state index in [1.54, 1.807) is 0 Å². The predicted octanol–water partition coefficient (Wildman–Crippen LogP) is 2.99. The van der Waals surface area contributed by atoms with Crippen LogP contribution in [0, 0.1) is 5.92 Å². The molecule has 5 nitrogen and oxygen atoms in total. The lowest BCUT2D eigenvalue weighted by molar-refractivity contribution is 0.0303. The molecule has 21 heavy (non-hydrogen) atoms. The third-order valence-electron chi connectivity index (χ3n) is 3.33. The van der Waals surface area contributed by atoms with E-state index < -0.39 is 0 Å². The fraction of sp³-hybridized carbons (Fsp3) is 0.438. The predicted molar refractivity (Wildman–Crippen MR) is 81.6 cm³/mol. The summed E-state index contributed by atoms with van der Waals surface area (Å²) in [6, 6.07) is 7.38. The maximum Gasteiger partial charge on any atom is 0.269 e. The summed E-state index contributed by atoms with van der Waals surface area (Å²) in [6.07, 6.45) is 1.06. The molecule has 2 rings (SSSR count). The Bertz CT molecular complexity index is 619. The number of hydrogen-bond acceptors (Lipinski definition) is 4. The van der Waals surface area contributed by atoms with Crippen LogP contribution in [0.3, 0.4) is 0 Å². The monoisotopic (exact) mass is 290 g/mol. The SMILES string of the molecule is CC(C)CC(C)OCc1oc2ccccc2c1C(=O)NN. The van der Waals surface area contributed by atoms with E-state index in [2.05, 4.69) is 19.3 Å². The minimum Gasteiger partial charge on any atom is -0.458 e. The Morgan fingerprint density at radius 1 is 1.33 bits per heavy atom. The van der Waals surface area contributed by atoms with Gasteiger partial charge in [-0.2, -0.15) is 0 Å². The topological polar surface area (TPSA) is 77.5 Å². The molecule has 0 saturated heterocycles. The maximum absolute atomic E-state index is 12.0. The number of carbonyl (C=O) groups is 1. The van der Waals surface area contributed by atoms with Crippen molar-refractivity contribution < 1.29 is 13.9 Å². The Balaban J connectivity index is 2.24. The first-order valence-corrected chi connectivity index (χ1v) is 7.15. The van der Waals surface area contributed by atoms with Crippen LogP contribution in [0.2, 0.25) is 0 Å². The molecule has 0 saturated carbocycles. The van der Waals surface area contributed by atoms with E-state index in [1.807, 2.05) is 31.2 Å². The Hall–Kier alpha value is -1.85. The highest BCUT2D eigenvalue weighted by molar-refractivity contribution is 6.06. The first-order valence-electron chi connectivity index (χ1n) is 7.15. The van der Waals surface area contributed by atoms with E-state index in [9.17, 15) is 4.79 Å². The van der Waals surface area contributed by atoms with Gasteiger partial charge in [-0.1, -0.05) is 32.0 Å². The molecular formula is C16H22N2O3. The van der Waals surface area contributed by atoms with Gasteiger partial charge in [0.1, 0.15) is 18.0 Å². The number of nitrogens with two attached hydrogens (primary N) is 1. The number of benzene rings is 1. The normalized spacial score (nSPS) is 12.8. The Morgan fingerprint density at radius 3 is 2.71 bits per heavy atom. The molecule has 0 bridgehead atoms. The summed E-state index contributed by atoms with van der Waals surface area (Å²) in [7, 11) is 0. The first kappa shape index (κ1) is 15.5. The minimum absolute atomic E-state index is 0.104. The van der Waals surface area contributed by atoms with E-state index in [-0.39, 0.29) is 18.6 Å². The lowest BCUT2D eigenvalue weighted by Crippen LogP contribution is -2.30. The number of carbonyl (C=O) groups excluding carboxylic acids is 1. The summed E-state index contributed by atoms with van der Waals surface area (Å²) in [4.78, 5) is 12.0. The van der Waals surface area contributed by atoms with Crippen LogP contribution < -0.4 is 11.3 Å². The molecule has 0 fully saturated rings. The Morgan fingerprint density at radius 2 is 2.05 bits per heavy atom. The molecule has 0 aliphatic rings. The molecule has 3 N–H and O–H groups in total. The summed E-state index contributed by atoms with van der Waals surface area (Å²) in [5.41, 5.74) is 3.27. The van der Waals surface area contributed by atoms with Crippen molar-refractivity contribution in [2.45, 2.75) is 39.9 Å². The molecule has 1 aromatic heterocycles. The van der Waals surface area contributed by atoms with Gasteiger partial charge in [-0.3, -0.25) is 10.2 Å². The van der Waals surface area contributed by atoms with Crippen LogP contribution in [-0.4, -0.2) is 12.0 Å². The summed E-state index contributed by atoms with van der Waals surface area (Å²) in [5.74, 6) is 5.96. The second kappa shape index (κ2) is 6.74. The number of nitrogens with one attached hydrogen (secondary N) is 1. The number of nitrogen functional groups attached to an aromatic ring is 1. The van der Waals surface area contributed by atoms with Crippen LogP contribution in [0.25, 0.3) is 11.0 Å². The van der Waals surface area contributed by atoms with Crippen LogP contribution in [0.5, 0.6) is 0 Å². The van der Waals surface area contributed by atoms with Crippen LogP contribution in [0.4, 0.5) is 0 Å². The van der Waals surface area contributed by atoms with Gasteiger partial charge >= 0.3 is 0 Å². The number of hydrazine groups is 1. The largest absolute Gasteiger partial charge is 0.458 e. The fourth-order valence-corrected chi connectivity index (χ4v) is 2.47. The molecule has 114 valence electrons. The maximum atomic E-state index is 12.0. The van der Waals surface area contributed by atoms with Gasteiger partial charge in [-0.25, -0.2) is 5.84 Å². The van der Waals surface area contributed by atoms with E-state index in [4.69, 9.17) is 15.0 Å². The zero-order valence-electron chi connectivity index (χ0n) is 12.7. The Kier molecular flexibility index (Phi) is 4.98. The summed E-state index contributed by atoms with van der Waals surface area (Å²) in [5, 5.41) is 0.746. The van der Waals surface area contributed by atoms with Gasteiger partial charge in [-0.05, 0) is 25.3 Å². The molecular weight excluding hydrogens is 268 g/mol. The van der Waals surface area contributed by atoms with Crippen molar-refractivity contribution in [3.05, 3.63) is 35.6 Å². The third-order valence-corrected chi connectivity index (χ3v) is 3.33. The van der Waals surface area contributed by atoms with E-state index in [1.165, 1.54) is 0 Å². The van der Waals surface area contributed by atoms with E-state index >= 15 is 0 Å². The van der Waals surface area contributed by atoms with Crippen LogP contribution in [0.15, 0.2) is 28.7 Å². The molecule has 0 aliphatic heterocycles. The number of ether oxygens (including phenoxy) is 1. The number of hydrogen-bond donors (Lipinski definition) is 2. The van der Waals surface area contributed by atoms with Gasteiger partial charge in [0, 0.05) is 5.39 Å². The number of rotatable bonds is 6. The molecule has 0 radical (unpaired) electrons. The van der Waals surface area contributed by atoms with Crippen molar-refractivity contribution in [1.82, 2.24) is 5.43 Å². The van der Waals surface area contributed by atoms with Crippen LogP contribution in [0.1, 0.15) is 43.3 Å². The lowest BCUT2D eigenvalue weighted by Gasteiger charge is -2.14. The molecule has 1 atom stereocenters. The quantitative estimate of drug-likeness (QED) is 0.487. The third kappa shape index (κ3) is 3.62. The van der Waals surface area contributed by atoms with Crippen molar-refractivity contribution in [2.24, 2.45) is 11.8 Å². The molecule has 0 aliphatic carbocycles. The van der Waals surface area contributed by atoms with Crippen molar-refractivity contribution in [1.29, 1.82) is 0 Å². The van der Waals surface area contributed by atoms with E-state index in [0.29, 0.717) is 22.8 Å². The second-order valence-electron chi connectivity index (χ2n) is 5.62. The number of para-hydroxylation sites is 1. The second-order valence-corrected chi connectivity index (χ2v) is 5.62. The van der Waals surface area contributed by atoms with E-state index in [0.717, 1.165) is 11.8 Å². The molecule has 2 aromatic rings. The zero-order valence-corrected chi connectivity index (χ0v) is 12.7. The molecule has 0 spiro atoms. The molecule has 1 unspecified atom stereocenters. The lowest BCUT2D eigenvalue weighted by atomic mass is 10.1. The molecule has 1 aromatic carbocycles. The molecule has 1 amide bonds. The van der Waals surface area contributed by atoms with Gasteiger partial charge in [0.15, 0.2) is 0 Å². The number of amides is 1. The number of furan rings is 1. The van der Waals surface area contributed by atoms with Gasteiger partial charge < -0.3 is 9.15 Å². The van der Waals surface area contributed by atoms with Crippen LogP contribution >= 0.6 is 0 Å². The molecule has 1 heterocycles. The summed E-state index contributed by atoms with van der Waals surface area (Å²) >= 11 is 0. The van der Waals surface area contributed by atoms with Crippen molar-refractivity contribution in [2.75, 3.05) is 0 Å². The zero-order chi connectivity index (χ0) is 15.4. The smallest absolute Gasteiger partial charge is 0.269 e. The van der Waals surface area contributed by atoms with Gasteiger partial charge in [0.05, 0.1) is 11.7 Å². The summed E-state index contributed by atoms with van der Waals surface area (Å²) in [6.45, 7) is 6.57. The number of fused-ring (bicyclic) bond motifs is 1. The van der Waals surface area contributed by atoms with Crippen molar-refractivity contribution in [3.63, 3.8) is 0 Å². The minimum atomic E-state index is -0.366. The first-order chi connectivity index (χ1) is 10.0. The average Bonchev–Trinajstić information content (AvgIpc) is 2.82. The molecule has 5 heteroatoms. The van der Waals surface area contributed by atoms with Crippen molar-refractivity contribution >= 4 is 16.9 Å². The van der Waals surface area contributed by atoms with Crippen molar-refractivity contribution in [3.8, 4) is 0 Å². The fourth-order valence-electron chi connectivity index (χ4n) is 2.47.